The number of hydrazine groups is 1. The van der Waals surface area contributed by atoms with Crippen LogP contribution in [0.1, 0.15) is 11.1 Å². The van der Waals surface area contributed by atoms with E-state index in [1.807, 2.05) is 26.0 Å². The lowest BCUT2D eigenvalue weighted by molar-refractivity contribution is -0.386. The summed E-state index contributed by atoms with van der Waals surface area (Å²) in [4.78, 5) is 14.4. The number of anilines is 1. The molecule has 2 rings (SSSR count). The number of ether oxygens (including phenoxy) is 1. The maximum absolute atomic E-state index is 11.0. The van der Waals surface area contributed by atoms with Crippen molar-refractivity contribution in [2.24, 2.45) is 5.84 Å². The van der Waals surface area contributed by atoms with Crippen LogP contribution in [0.5, 0.6) is 11.6 Å². The number of nitrogens with two attached hydrogens (primary N) is 1. The van der Waals surface area contributed by atoms with Gasteiger partial charge >= 0.3 is 11.6 Å². The standard InChI is InChI=1S/C13H14N4O3/c1-8-3-5-11(9(2)7-8)20-13-10(17(18)19)4-6-12(15-13)16-14/h3-7H,14H2,1-2H3,(H,15,16). The van der Waals surface area contributed by atoms with E-state index in [4.69, 9.17) is 10.6 Å². The van der Waals surface area contributed by atoms with Crippen LogP contribution >= 0.6 is 0 Å². The summed E-state index contributed by atoms with van der Waals surface area (Å²) >= 11 is 0. The number of hydrogen-bond donors (Lipinski definition) is 2. The molecule has 0 aliphatic heterocycles. The van der Waals surface area contributed by atoms with Crippen molar-refractivity contribution >= 4 is 11.5 Å². The molecule has 0 atom stereocenters. The van der Waals surface area contributed by atoms with Crippen LogP contribution in [0.2, 0.25) is 0 Å². The number of hydrogen-bond acceptors (Lipinski definition) is 6. The van der Waals surface area contributed by atoms with Gasteiger partial charge in [-0.15, -0.1) is 0 Å². The van der Waals surface area contributed by atoms with Gasteiger partial charge in [-0.25, -0.2) is 5.84 Å². The van der Waals surface area contributed by atoms with Crippen molar-refractivity contribution in [1.29, 1.82) is 0 Å². The monoisotopic (exact) mass is 274 g/mol. The number of benzene rings is 1. The molecule has 104 valence electrons. The van der Waals surface area contributed by atoms with E-state index in [-0.39, 0.29) is 17.4 Å². The highest BCUT2D eigenvalue weighted by Crippen LogP contribution is 2.32. The largest absolute Gasteiger partial charge is 0.433 e. The lowest BCUT2D eigenvalue weighted by atomic mass is 10.1. The third-order valence-electron chi connectivity index (χ3n) is 2.72. The first-order valence-corrected chi connectivity index (χ1v) is 5.88. The summed E-state index contributed by atoms with van der Waals surface area (Å²) < 4.78 is 5.55. The predicted octanol–water partition coefficient (Wildman–Crippen LogP) is 2.68. The number of aromatic nitrogens is 1. The molecule has 7 nitrogen and oxygen atoms in total. The highest BCUT2D eigenvalue weighted by Gasteiger charge is 2.19. The van der Waals surface area contributed by atoms with Crippen molar-refractivity contribution < 1.29 is 9.66 Å². The molecule has 0 aliphatic rings. The number of aryl methyl sites for hydroxylation is 2. The van der Waals surface area contributed by atoms with Crippen LogP contribution in [0, 0.1) is 24.0 Å². The minimum atomic E-state index is -0.549. The molecule has 0 radical (unpaired) electrons. The highest BCUT2D eigenvalue weighted by atomic mass is 16.6. The van der Waals surface area contributed by atoms with Crippen LogP contribution in [-0.4, -0.2) is 9.91 Å². The van der Waals surface area contributed by atoms with Gasteiger partial charge in [-0.05, 0) is 31.5 Å². The number of nitrogens with zero attached hydrogens (tertiary/aromatic N) is 2. The summed E-state index contributed by atoms with van der Waals surface area (Å²) in [6, 6.07) is 8.23. The van der Waals surface area contributed by atoms with E-state index < -0.39 is 4.92 Å². The molecule has 0 saturated carbocycles. The lowest BCUT2D eigenvalue weighted by Gasteiger charge is -2.09. The van der Waals surface area contributed by atoms with Gasteiger partial charge in [-0.3, -0.25) is 10.1 Å². The molecule has 0 aliphatic carbocycles. The van der Waals surface area contributed by atoms with Crippen LogP contribution in [0.3, 0.4) is 0 Å². The average molecular weight is 274 g/mol. The molecular formula is C13H14N4O3. The van der Waals surface area contributed by atoms with Gasteiger partial charge in [0.25, 0.3) is 0 Å². The molecule has 0 fully saturated rings. The van der Waals surface area contributed by atoms with E-state index in [2.05, 4.69) is 10.4 Å². The molecule has 1 heterocycles. The predicted molar refractivity (Wildman–Crippen MR) is 74.7 cm³/mol. The van der Waals surface area contributed by atoms with Crippen molar-refractivity contribution in [3.05, 3.63) is 51.6 Å². The molecule has 7 heteroatoms. The fourth-order valence-electron chi connectivity index (χ4n) is 1.75. The average Bonchev–Trinajstić information content (AvgIpc) is 2.41. The Kier molecular flexibility index (Phi) is 3.81. The number of nitro groups is 1. The van der Waals surface area contributed by atoms with E-state index in [1.54, 1.807) is 6.07 Å². The normalized spacial score (nSPS) is 10.2. The fourth-order valence-corrected chi connectivity index (χ4v) is 1.75. The van der Waals surface area contributed by atoms with E-state index in [1.165, 1.54) is 12.1 Å². The molecule has 0 saturated heterocycles. The van der Waals surface area contributed by atoms with E-state index >= 15 is 0 Å². The Balaban J connectivity index is 2.43. The lowest BCUT2D eigenvalue weighted by Crippen LogP contribution is -2.09. The van der Waals surface area contributed by atoms with E-state index in [9.17, 15) is 10.1 Å². The number of nitrogen functional groups attached to an aromatic ring is 1. The van der Waals surface area contributed by atoms with Gasteiger partial charge in [0.2, 0.25) is 0 Å². The smallest absolute Gasteiger partial charge is 0.331 e. The minimum absolute atomic E-state index is 0.0996. The Hall–Kier alpha value is -2.67. The Morgan fingerprint density at radius 3 is 2.65 bits per heavy atom. The second-order valence-corrected chi connectivity index (χ2v) is 4.29. The van der Waals surface area contributed by atoms with Crippen LogP contribution in [-0.2, 0) is 0 Å². The fraction of sp³-hybridized carbons (Fsp3) is 0.154. The molecule has 0 spiro atoms. The third kappa shape index (κ3) is 2.83. The first-order valence-electron chi connectivity index (χ1n) is 5.88. The summed E-state index contributed by atoms with van der Waals surface area (Å²) in [5, 5.41) is 11.0. The van der Waals surface area contributed by atoms with Gasteiger partial charge in [0, 0.05) is 6.07 Å². The highest BCUT2D eigenvalue weighted by molar-refractivity contribution is 5.51. The maximum Gasteiger partial charge on any atom is 0.331 e. The first kappa shape index (κ1) is 13.8. The molecule has 3 N–H and O–H groups in total. The Morgan fingerprint density at radius 1 is 1.30 bits per heavy atom. The second kappa shape index (κ2) is 5.54. The summed E-state index contributed by atoms with van der Waals surface area (Å²) in [5.74, 6) is 5.95. The Labute approximate surface area is 115 Å². The molecule has 2 aromatic rings. The number of rotatable bonds is 4. The van der Waals surface area contributed by atoms with Crippen molar-refractivity contribution in [1.82, 2.24) is 4.98 Å². The molecule has 20 heavy (non-hydrogen) atoms. The van der Waals surface area contributed by atoms with E-state index in [0.717, 1.165) is 11.1 Å². The summed E-state index contributed by atoms with van der Waals surface area (Å²) in [7, 11) is 0. The molecule has 0 unspecified atom stereocenters. The summed E-state index contributed by atoms with van der Waals surface area (Å²) in [6.07, 6.45) is 0. The van der Waals surface area contributed by atoms with Gasteiger partial charge in [-0.2, -0.15) is 4.98 Å². The van der Waals surface area contributed by atoms with E-state index in [0.29, 0.717) is 5.75 Å². The van der Waals surface area contributed by atoms with Crippen LogP contribution in [0.15, 0.2) is 30.3 Å². The van der Waals surface area contributed by atoms with Crippen molar-refractivity contribution in [3.63, 3.8) is 0 Å². The molecule has 1 aromatic carbocycles. The topological polar surface area (TPSA) is 103 Å². The molecule has 0 bridgehead atoms. The Morgan fingerprint density at radius 2 is 2.05 bits per heavy atom. The van der Waals surface area contributed by atoms with Crippen molar-refractivity contribution in [3.8, 4) is 11.6 Å². The zero-order valence-electron chi connectivity index (χ0n) is 11.1. The number of nitrogens with one attached hydrogen (secondary N) is 1. The third-order valence-corrected chi connectivity index (χ3v) is 2.72. The Bertz CT molecular complexity index is 658. The first-order chi connectivity index (χ1) is 9.51. The van der Waals surface area contributed by atoms with Gasteiger partial charge in [-0.1, -0.05) is 17.7 Å². The van der Waals surface area contributed by atoms with Crippen molar-refractivity contribution in [2.75, 3.05) is 5.43 Å². The summed E-state index contributed by atoms with van der Waals surface area (Å²) in [5.41, 5.74) is 4.06. The van der Waals surface area contributed by atoms with Gasteiger partial charge in [0.15, 0.2) is 0 Å². The van der Waals surface area contributed by atoms with Gasteiger partial charge in [0.05, 0.1) is 4.92 Å². The minimum Gasteiger partial charge on any atom is -0.433 e. The van der Waals surface area contributed by atoms with Crippen LogP contribution < -0.4 is 16.0 Å². The van der Waals surface area contributed by atoms with Crippen LogP contribution in [0.25, 0.3) is 0 Å². The van der Waals surface area contributed by atoms with Gasteiger partial charge in [0.1, 0.15) is 11.6 Å². The molecular weight excluding hydrogens is 260 g/mol. The maximum atomic E-state index is 11.0. The second-order valence-electron chi connectivity index (χ2n) is 4.29. The zero-order chi connectivity index (χ0) is 14.7. The van der Waals surface area contributed by atoms with Crippen LogP contribution in [0.4, 0.5) is 11.5 Å². The number of pyridine rings is 1. The quantitative estimate of drug-likeness (QED) is 0.504. The zero-order valence-corrected chi connectivity index (χ0v) is 11.1. The van der Waals surface area contributed by atoms with Crippen molar-refractivity contribution in [2.45, 2.75) is 13.8 Å². The summed E-state index contributed by atoms with van der Waals surface area (Å²) in [6.45, 7) is 3.82. The molecule has 0 amide bonds. The SMILES string of the molecule is Cc1ccc(Oc2nc(NN)ccc2[N+](=O)[O-])c(C)c1. The molecule has 1 aromatic heterocycles. The van der Waals surface area contributed by atoms with Gasteiger partial charge < -0.3 is 10.2 Å².